The normalized spacial score (nSPS) is 17.7. The average Bonchev–Trinajstić information content (AvgIpc) is 3.33. The number of carbonyl (C=O) groups is 2. The van der Waals surface area contributed by atoms with Gasteiger partial charge in [-0.05, 0) is 75.5 Å². The summed E-state index contributed by atoms with van der Waals surface area (Å²) in [6.07, 6.45) is 4.51. The number of hydrogen-bond acceptors (Lipinski definition) is 6. The molecule has 1 aliphatic carbocycles. The van der Waals surface area contributed by atoms with Crippen LogP contribution >= 0.6 is 0 Å². The molecule has 1 aliphatic heterocycles. The van der Waals surface area contributed by atoms with Crippen LogP contribution in [0.5, 0.6) is 0 Å². The van der Waals surface area contributed by atoms with Gasteiger partial charge >= 0.3 is 5.97 Å². The van der Waals surface area contributed by atoms with Crippen LogP contribution in [0.15, 0.2) is 41.3 Å². The Kier molecular flexibility index (Phi) is 7.19. The summed E-state index contributed by atoms with van der Waals surface area (Å²) in [7, 11) is -4.12. The lowest BCUT2D eigenvalue weighted by Gasteiger charge is -2.31. The number of carboxylic acid groups (broad SMARTS) is 1. The molecule has 1 saturated heterocycles. The largest absolute Gasteiger partial charge is 0.478 e. The van der Waals surface area contributed by atoms with Crippen LogP contribution in [0.2, 0.25) is 0 Å². The molecule has 0 bridgehead atoms. The molecule has 0 unspecified atom stereocenters. The fraction of sp³-hybridized carbons (Fsp3) is 0.462. The Balaban J connectivity index is 1.59. The summed E-state index contributed by atoms with van der Waals surface area (Å²) in [5.74, 6) is -1.61. The zero-order valence-corrected chi connectivity index (χ0v) is 21.1. The molecule has 2 aromatic rings. The minimum atomic E-state index is -4.12. The van der Waals surface area contributed by atoms with Gasteiger partial charge in [0.25, 0.3) is 10.0 Å². The lowest BCUT2D eigenvalue weighted by molar-refractivity contribution is 0.0684. The second-order valence-electron chi connectivity index (χ2n) is 9.97. The summed E-state index contributed by atoms with van der Waals surface area (Å²) < 4.78 is 29.2. The number of hydrogen-bond donors (Lipinski definition) is 3. The number of nitrogens with one attached hydrogen (secondary N) is 2. The molecule has 4 rings (SSSR count). The van der Waals surface area contributed by atoms with E-state index in [1.54, 1.807) is 38.1 Å². The Morgan fingerprint density at radius 3 is 2.51 bits per heavy atom. The highest BCUT2D eigenvalue weighted by atomic mass is 32.2. The first kappa shape index (κ1) is 25.2. The van der Waals surface area contributed by atoms with Gasteiger partial charge in [-0.1, -0.05) is 32.0 Å². The fourth-order valence-corrected chi connectivity index (χ4v) is 6.16. The fourth-order valence-electron chi connectivity index (χ4n) is 4.90. The number of fused-ring (bicyclic) bond motifs is 1. The lowest BCUT2D eigenvalue weighted by Crippen LogP contribution is -2.32. The second-order valence-corrected chi connectivity index (χ2v) is 11.6. The van der Waals surface area contributed by atoms with Gasteiger partial charge in [-0.2, -0.15) is 0 Å². The van der Waals surface area contributed by atoms with Gasteiger partial charge in [0.1, 0.15) is 4.90 Å². The molecule has 188 valence electrons. The molecule has 0 saturated carbocycles. The van der Waals surface area contributed by atoms with Gasteiger partial charge in [-0.15, -0.1) is 0 Å². The molecule has 35 heavy (non-hydrogen) atoms. The molecule has 0 atom stereocenters. The van der Waals surface area contributed by atoms with Crippen LogP contribution in [-0.4, -0.2) is 56.4 Å². The first-order chi connectivity index (χ1) is 16.6. The van der Waals surface area contributed by atoms with Crippen molar-refractivity contribution in [3.8, 4) is 0 Å². The number of rotatable bonds is 9. The topological polar surface area (TPSA) is 116 Å². The van der Waals surface area contributed by atoms with Crippen LogP contribution in [0.25, 0.3) is 0 Å². The number of anilines is 2. The van der Waals surface area contributed by atoms with Crippen molar-refractivity contribution in [1.82, 2.24) is 4.90 Å². The van der Waals surface area contributed by atoms with Crippen LogP contribution in [0.4, 0.5) is 11.4 Å². The molecule has 3 N–H and O–H groups in total. The Labute approximate surface area is 206 Å². The standard InChI is InChI=1S/C26H33N3O5S/c1-26(2)13-12-18-10-11-20(23(25(31)32)22(18)24(26)30)28-35(33,34)21-9-4-3-8-19(21)27-14-7-17-29-15-5-6-16-29/h3-4,8-11,27-28H,5-7,12-17H2,1-2H3,(H,31,32). The maximum atomic E-state index is 13.4. The molecule has 2 aliphatic rings. The van der Waals surface area contributed by atoms with Crippen LogP contribution < -0.4 is 10.0 Å². The summed E-state index contributed by atoms with van der Waals surface area (Å²) in [5, 5.41) is 13.2. The predicted molar refractivity (Wildman–Crippen MR) is 136 cm³/mol. The van der Waals surface area contributed by atoms with Gasteiger partial charge in [-0.3, -0.25) is 9.52 Å². The second kappa shape index (κ2) is 9.99. The van der Waals surface area contributed by atoms with Crippen molar-refractivity contribution in [2.45, 2.75) is 50.8 Å². The number of likely N-dealkylation sites (tertiary alicyclic amines) is 1. The monoisotopic (exact) mass is 499 g/mol. The van der Waals surface area contributed by atoms with Crippen molar-refractivity contribution in [3.63, 3.8) is 0 Å². The molecule has 0 radical (unpaired) electrons. The van der Waals surface area contributed by atoms with E-state index in [2.05, 4.69) is 14.9 Å². The molecule has 0 amide bonds. The van der Waals surface area contributed by atoms with Crippen molar-refractivity contribution >= 4 is 33.2 Å². The minimum Gasteiger partial charge on any atom is -0.478 e. The summed E-state index contributed by atoms with van der Waals surface area (Å²) in [4.78, 5) is 27.7. The Morgan fingerprint density at radius 1 is 1.09 bits per heavy atom. The van der Waals surface area contributed by atoms with Crippen LogP contribution in [0.1, 0.15) is 65.8 Å². The zero-order valence-electron chi connectivity index (χ0n) is 20.3. The van der Waals surface area contributed by atoms with E-state index in [1.807, 2.05) is 0 Å². The summed E-state index contributed by atoms with van der Waals surface area (Å²) in [6, 6.07) is 9.65. The van der Waals surface area contributed by atoms with Crippen molar-refractivity contribution in [3.05, 3.63) is 53.1 Å². The van der Waals surface area contributed by atoms with E-state index in [-0.39, 0.29) is 27.5 Å². The smallest absolute Gasteiger partial charge is 0.338 e. The maximum Gasteiger partial charge on any atom is 0.338 e. The summed E-state index contributed by atoms with van der Waals surface area (Å²) >= 11 is 0. The SMILES string of the molecule is CC1(C)CCc2ccc(NS(=O)(=O)c3ccccc3NCCCN3CCCC3)c(C(=O)O)c2C1=O. The third kappa shape index (κ3) is 5.36. The van der Waals surface area contributed by atoms with Crippen molar-refractivity contribution in [2.24, 2.45) is 5.41 Å². The molecule has 0 spiro atoms. The number of para-hydroxylation sites is 1. The highest BCUT2D eigenvalue weighted by Gasteiger charge is 2.38. The molecule has 0 aromatic heterocycles. The number of aryl methyl sites for hydroxylation is 1. The summed E-state index contributed by atoms with van der Waals surface area (Å²) in [6.45, 7) is 7.37. The van der Waals surface area contributed by atoms with Gasteiger partial charge in [0.15, 0.2) is 5.78 Å². The van der Waals surface area contributed by atoms with Gasteiger partial charge in [0.05, 0.1) is 16.9 Å². The first-order valence-corrected chi connectivity index (χ1v) is 13.6. The zero-order chi connectivity index (χ0) is 25.2. The van der Waals surface area contributed by atoms with Crippen molar-refractivity contribution in [1.29, 1.82) is 0 Å². The van der Waals surface area contributed by atoms with Gasteiger partial charge < -0.3 is 15.3 Å². The quantitative estimate of drug-likeness (QED) is 0.442. The van der Waals surface area contributed by atoms with E-state index >= 15 is 0 Å². The van der Waals surface area contributed by atoms with Gasteiger partial charge in [0.2, 0.25) is 0 Å². The number of aromatic carboxylic acids is 1. The van der Waals surface area contributed by atoms with E-state index < -0.39 is 21.4 Å². The highest BCUT2D eigenvalue weighted by Crippen LogP contribution is 2.39. The number of carbonyl (C=O) groups excluding carboxylic acids is 1. The number of ketones is 1. The van der Waals surface area contributed by atoms with Crippen molar-refractivity contribution < 1.29 is 23.1 Å². The minimum absolute atomic E-state index is 0.0295. The van der Waals surface area contributed by atoms with E-state index in [4.69, 9.17) is 0 Å². The third-order valence-electron chi connectivity index (χ3n) is 6.95. The number of nitrogens with zero attached hydrogens (tertiary/aromatic N) is 1. The molecular weight excluding hydrogens is 466 g/mol. The van der Waals surface area contributed by atoms with Crippen LogP contribution in [-0.2, 0) is 16.4 Å². The Morgan fingerprint density at radius 2 is 1.80 bits per heavy atom. The molecule has 1 fully saturated rings. The Bertz CT molecular complexity index is 1230. The molecule has 2 aromatic carbocycles. The Hall–Kier alpha value is -2.91. The lowest BCUT2D eigenvalue weighted by atomic mass is 9.72. The van der Waals surface area contributed by atoms with E-state index in [0.29, 0.717) is 30.6 Å². The van der Waals surface area contributed by atoms with Crippen LogP contribution in [0.3, 0.4) is 0 Å². The van der Waals surface area contributed by atoms with Crippen LogP contribution in [0, 0.1) is 5.41 Å². The number of benzene rings is 2. The average molecular weight is 500 g/mol. The van der Waals surface area contributed by atoms with E-state index in [0.717, 1.165) is 26.1 Å². The maximum absolute atomic E-state index is 13.4. The first-order valence-electron chi connectivity index (χ1n) is 12.1. The number of Topliss-reactive ketones (excluding diaryl/α,β-unsaturated/α-hetero) is 1. The van der Waals surface area contributed by atoms with Gasteiger partial charge in [-0.25, -0.2) is 13.2 Å². The summed E-state index contributed by atoms with van der Waals surface area (Å²) in [5.41, 5.74) is 0.0804. The third-order valence-corrected chi connectivity index (χ3v) is 8.38. The number of sulfonamides is 1. The molecular formula is C26H33N3O5S. The predicted octanol–water partition coefficient (Wildman–Crippen LogP) is 4.24. The van der Waals surface area contributed by atoms with E-state index in [9.17, 15) is 23.1 Å². The molecule has 8 nitrogen and oxygen atoms in total. The highest BCUT2D eigenvalue weighted by molar-refractivity contribution is 7.92. The van der Waals surface area contributed by atoms with E-state index in [1.165, 1.54) is 25.0 Å². The molecule has 9 heteroatoms. The molecule has 1 heterocycles. The van der Waals surface area contributed by atoms with Gasteiger partial charge in [0, 0.05) is 17.5 Å². The van der Waals surface area contributed by atoms with Crippen molar-refractivity contribution in [2.75, 3.05) is 36.2 Å². The number of carboxylic acids is 1.